The summed E-state index contributed by atoms with van der Waals surface area (Å²) in [5, 5.41) is 0. The molecule has 0 aromatic heterocycles. The molecule has 0 N–H and O–H groups in total. The van der Waals surface area contributed by atoms with Crippen molar-refractivity contribution < 1.29 is 14.3 Å². The zero-order valence-electron chi connectivity index (χ0n) is 15.1. The van der Waals surface area contributed by atoms with Crippen molar-refractivity contribution in [3.05, 3.63) is 11.6 Å². The van der Waals surface area contributed by atoms with E-state index in [9.17, 15) is 4.79 Å². The molecule has 2 rings (SSSR count). The van der Waals surface area contributed by atoms with E-state index in [0.717, 1.165) is 44.0 Å². The highest BCUT2D eigenvalue weighted by molar-refractivity contribution is 5.99. The first-order chi connectivity index (χ1) is 11.1. The van der Waals surface area contributed by atoms with Crippen molar-refractivity contribution in [2.45, 2.75) is 71.2 Å². The lowest BCUT2D eigenvalue weighted by Crippen LogP contribution is -2.41. The number of rotatable bonds is 8. The van der Waals surface area contributed by atoms with E-state index in [4.69, 9.17) is 9.47 Å². The Balaban J connectivity index is 1.91. The van der Waals surface area contributed by atoms with Gasteiger partial charge in [0.05, 0.1) is 0 Å². The largest absolute Gasteiger partial charge is 0.352 e. The van der Waals surface area contributed by atoms with E-state index >= 15 is 0 Å². The van der Waals surface area contributed by atoms with Crippen LogP contribution < -0.4 is 0 Å². The van der Waals surface area contributed by atoms with Gasteiger partial charge >= 0.3 is 0 Å². The molecule has 4 nitrogen and oxygen atoms in total. The van der Waals surface area contributed by atoms with E-state index in [0.29, 0.717) is 0 Å². The molecule has 0 amide bonds. The normalized spacial score (nSPS) is 27.3. The van der Waals surface area contributed by atoms with Gasteiger partial charge < -0.3 is 9.47 Å². The number of nitrogens with zero attached hydrogens (tertiary/aromatic N) is 1. The second-order valence-electron chi connectivity index (χ2n) is 7.09. The first kappa shape index (κ1) is 18.6. The minimum atomic E-state index is -0.373. The number of piperidine rings is 1. The number of likely N-dealkylation sites (tertiary alicyclic amines) is 1. The van der Waals surface area contributed by atoms with Crippen LogP contribution in [0.3, 0.4) is 0 Å². The third-order valence-corrected chi connectivity index (χ3v) is 5.07. The van der Waals surface area contributed by atoms with Crippen LogP contribution in [0.5, 0.6) is 0 Å². The molecule has 0 spiro atoms. The lowest BCUT2D eigenvalue weighted by atomic mass is 9.95. The number of hydrogen-bond donors (Lipinski definition) is 0. The fourth-order valence-corrected chi connectivity index (χ4v) is 3.39. The summed E-state index contributed by atoms with van der Waals surface area (Å²) in [5.41, 5.74) is 0.887. The quantitative estimate of drug-likeness (QED) is 0.640. The van der Waals surface area contributed by atoms with Crippen LogP contribution in [0.4, 0.5) is 0 Å². The molecule has 4 heteroatoms. The van der Waals surface area contributed by atoms with Gasteiger partial charge in [-0.25, -0.2) is 0 Å². The Morgan fingerprint density at radius 3 is 2.65 bits per heavy atom. The number of methoxy groups -OCH3 is 1. The molecule has 0 aromatic rings. The highest BCUT2D eigenvalue weighted by atomic mass is 16.7. The van der Waals surface area contributed by atoms with Crippen LogP contribution in [0.15, 0.2) is 11.6 Å². The fraction of sp³-hybridized carbons (Fsp3) is 0.842. The number of unbranched alkanes of at least 4 members (excludes halogenated alkanes) is 3. The van der Waals surface area contributed by atoms with Gasteiger partial charge in [0.15, 0.2) is 12.1 Å². The second-order valence-corrected chi connectivity index (χ2v) is 7.09. The molecule has 0 radical (unpaired) electrons. The zero-order valence-corrected chi connectivity index (χ0v) is 15.1. The van der Waals surface area contributed by atoms with E-state index in [1.54, 1.807) is 7.11 Å². The van der Waals surface area contributed by atoms with Crippen LogP contribution in [0.25, 0.3) is 0 Å². The Morgan fingerprint density at radius 1 is 1.26 bits per heavy atom. The van der Waals surface area contributed by atoms with Crippen LogP contribution >= 0.6 is 0 Å². The summed E-state index contributed by atoms with van der Waals surface area (Å²) in [7, 11) is 1.64. The molecule has 0 aliphatic carbocycles. The van der Waals surface area contributed by atoms with Crippen LogP contribution in [0, 0.1) is 5.92 Å². The highest BCUT2D eigenvalue weighted by Crippen LogP contribution is 2.23. The van der Waals surface area contributed by atoms with Crippen molar-refractivity contribution in [3.63, 3.8) is 0 Å². The van der Waals surface area contributed by atoms with Gasteiger partial charge in [-0.05, 0) is 44.3 Å². The average Bonchev–Trinajstić information content (AvgIpc) is 2.56. The molecule has 2 aliphatic heterocycles. The number of carbonyl (C=O) groups excluding carboxylic acids is 1. The summed E-state index contributed by atoms with van der Waals surface area (Å²) in [6, 6.07) is 0. The Hall–Kier alpha value is -0.710. The molecule has 0 saturated carbocycles. The van der Waals surface area contributed by atoms with Gasteiger partial charge in [0.1, 0.15) is 6.10 Å². The zero-order chi connectivity index (χ0) is 16.7. The van der Waals surface area contributed by atoms with Crippen LogP contribution in [-0.2, 0) is 14.3 Å². The van der Waals surface area contributed by atoms with Gasteiger partial charge in [-0.1, -0.05) is 39.5 Å². The Kier molecular flexibility index (Phi) is 7.74. The van der Waals surface area contributed by atoms with Gasteiger partial charge in [-0.3, -0.25) is 9.69 Å². The Bertz CT molecular complexity index is 399. The molecule has 1 fully saturated rings. The molecular formula is C19H33NO3. The van der Waals surface area contributed by atoms with E-state index in [-0.39, 0.29) is 18.2 Å². The third-order valence-electron chi connectivity index (χ3n) is 5.07. The van der Waals surface area contributed by atoms with Crippen molar-refractivity contribution >= 4 is 5.78 Å². The SMILES string of the molecule is CCCCCCC1OC(OC)C=C(CN2CCC(C)CC2)C1=O. The summed E-state index contributed by atoms with van der Waals surface area (Å²) in [5.74, 6) is 0.983. The van der Waals surface area contributed by atoms with Crippen LogP contribution in [0.2, 0.25) is 0 Å². The molecule has 23 heavy (non-hydrogen) atoms. The van der Waals surface area contributed by atoms with Gasteiger partial charge in [-0.15, -0.1) is 0 Å². The van der Waals surface area contributed by atoms with Gasteiger partial charge in [0.2, 0.25) is 0 Å². The van der Waals surface area contributed by atoms with E-state index in [1.165, 1.54) is 32.1 Å². The lowest BCUT2D eigenvalue weighted by Gasteiger charge is -2.33. The predicted molar refractivity (Wildman–Crippen MR) is 92.4 cm³/mol. The van der Waals surface area contributed by atoms with Crippen molar-refractivity contribution in [1.29, 1.82) is 0 Å². The summed E-state index contributed by atoms with van der Waals surface area (Å²) >= 11 is 0. The molecular weight excluding hydrogens is 290 g/mol. The minimum absolute atomic E-state index is 0.174. The fourth-order valence-electron chi connectivity index (χ4n) is 3.39. The van der Waals surface area contributed by atoms with Crippen LogP contribution in [-0.4, -0.2) is 49.8 Å². The number of ketones is 1. The number of Topliss-reactive ketones (excluding diaryl/α,β-unsaturated/α-hetero) is 1. The number of ether oxygens (including phenoxy) is 2. The summed E-state index contributed by atoms with van der Waals surface area (Å²) in [4.78, 5) is 15.1. The molecule has 2 atom stereocenters. The van der Waals surface area contributed by atoms with Crippen molar-refractivity contribution in [2.24, 2.45) is 5.92 Å². The standard InChI is InChI=1S/C19H33NO3/c1-4-5-6-7-8-17-19(21)16(13-18(22-3)23-17)14-20-11-9-15(2)10-12-20/h13,15,17-18H,4-12,14H2,1-3H3. The van der Waals surface area contributed by atoms with Crippen molar-refractivity contribution in [2.75, 3.05) is 26.7 Å². The van der Waals surface area contributed by atoms with Crippen LogP contribution in [0.1, 0.15) is 58.8 Å². The maximum absolute atomic E-state index is 12.7. The summed E-state index contributed by atoms with van der Waals surface area (Å²) < 4.78 is 11.2. The molecule has 1 saturated heterocycles. The Labute approximate surface area is 141 Å². The van der Waals surface area contributed by atoms with Gasteiger partial charge in [0.25, 0.3) is 0 Å². The van der Waals surface area contributed by atoms with Gasteiger partial charge in [0, 0.05) is 19.2 Å². The predicted octanol–water partition coefficient (Wildman–Crippen LogP) is 3.56. The smallest absolute Gasteiger partial charge is 0.188 e. The molecule has 2 heterocycles. The molecule has 0 aromatic carbocycles. The summed E-state index contributed by atoms with van der Waals surface area (Å²) in [6.07, 6.45) is 9.11. The van der Waals surface area contributed by atoms with Gasteiger partial charge in [-0.2, -0.15) is 0 Å². The molecule has 2 aliphatic rings. The first-order valence-corrected chi connectivity index (χ1v) is 9.29. The second kappa shape index (κ2) is 9.55. The minimum Gasteiger partial charge on any atom is -0.352 e. The topological polar surface area (TPSA) is 38.8 Å². The average molecular weight is 323 g/mol. The molecule has 0 bridgehead atoms. The monoisotopic (exact) mass is 323 g/mol. The number of carbonyl (C=O) groups is 1. The van der Waals surface area contributed by atoms with E-state index < -0.39 is 0 Å². The summed E-state index contributed by atoms with van der Waals surface area (Å²) in [6.45, 7) is 7.43. The molecule has 132 valence electrons. The lowest BCUT2D eigenvalue weighted by molar-refractivity contribution is -0.158. The highest BCUT2D eigenvalue weighted by Gasteiger charge is 2.31. The van der Waals surface area contributed by atoms with E-state index in [2.05, 4.69) is 18.7 Å². The molecule has 2 unspecified atom stereocenters. The maximum atomic E-state index is 12.7. The third kappa shape index (κ3) is 5.70. The maximum Gasteiger partial charge on any atom is 0.188 e. The first-order valence-electron chi connectivity index (χ1n) is 9.29. The Morgan fingerprint density at radius 2 is 2.00 bits per heavy atom. The van der Waals surface area contributed by atoms with E-state index in [1.807, 2.05) is 6.08 Å². The number of hydrogen-bond acceptors (Lipinski definition) is 4. The van der Waals surface area contributed by atoms with Crippen molar-refractivity contribution in [1.82, 2.24) is 4.90 Å². The van der Waals surface area contributed by atoms with Crippen molar-refractivity contribution in [3.8, 4) is 0 Å².